The van der Waals surface area contributed by atoms with Gasteiger partial charge in [-0.1, -0.05) is 0 Å². The summed E-state index contributed by atoms with van der Waals surface area (Å²) in [7, 11) is -3.52. The normalized spacial score (nSPS) is 17.1. The van der Waals surface area contributed by atoms with Crippen LogP contribution in [-0.2, 0) is 29.4 Å². The number of ether oxygens (including phenoxy) is 1. The molecule has 0 saturated carbocycles. The molecule has 0 aromatic rings. The summed E-state index contributed by atoms with van der Waals surface area (Å²) >= 11 is 0. The molecule has 1 rings (SSSR count). The molecule has 92 valence electrons. The van der Waals surface area contributed by atoms with Crippen molar-refractivity contribution in [1.82, 2.24) is 0 Å². The summed E-state index contributed by atoms with van der Waals surface area (Å²) in [6.45, 7) is -0.501. The molecule has 1 unspecified atom stereocenters. The van der Waals surface area contributed by atoms with Gasteiger partial charge >= 0.3 is 5.97 Å². The third-order valence-corrected chi connectivity index (χ3v) is 2.93. The van der Waals surface area contributed by atoms with Gasteiger partial charge in [-0.25, -0.2) is 18.2 Å². The van der Waals surface area contributed by atoms with Crippen molar-refractivity contribution in [3.63, 3.8) is 0 Å². The molecular formula is C8H11O7S-. The molecule has 0 spiro atoms. The number of hydrogen-bond donors (Lipinski definition) is 0. The number of esters is 1. The Labute approximate surface area is 92.7 Å². The molecule has 0 amide bonds. The Balaban J connectivity index is 2.39. The molecule has 1 atom stereocenters. The Morgan fingerprint density at radius 2 is 2.12 bits per heavy atom. The first-order valence-corrected chi connectivity index (χ1v) is 5.88. The van der Waals surface area contributed by atoms with E-state index in [0.717, 1.165) is 7.11 Å². The predicted octanol–water partition coefficient (Wildman–Crippen LogP) is -0.650. The fourth-order valence-electron chi connectivity index (χ4n) is 0.817. The fraction of sp³-hybridized carbons (Fsp3) is 0.625. The number of rotatable bonds is 7. The Morgan fingerprint density at radius 1 is 1.50 bits per heavy atom. The Kier molecular flexibility index (Phi) is 4.42. The average Bonchev–Trinajstić information content (AvgIpc) is 2.98. The van der Waals surface area contributed by atoms with Crippen molar-refractivity contribution < 1.29 is 32.3 Å². The first kappa shape index (κ1) is 13.1. The number of carbonyl (C=O) groups is 1. The largest absolute Gasteiger partial charge is 0.748 e. The van der Waals surface area contributed by atoms with Gasteiger partial charge in [-0.2, -0.15) is 0 Å². The van der Waals surface area contributed by atoms with E-state index >= 15 is 0 Å². The summed E-state index contributed by atoms with van der Waals surface area (Å²) in [6.07, 6.45) is 2.51. The monoisotopic (exact) mass is 251 g/mol. The minimum absolute atomic E-state index is 0.270. The topological polar surface area (TPSA) is 102 Å². The minimum atomic E-state index is -4.62. The van der Waals surface area contributed by atoms with E-state index in [2.05, 4.69) is 14.5 Å². The number of carbonyl (C=O) groups excluding carboxylic acids is 1. The van der Waals surface area contributed by atoms with Crippen LogP contribution >= 0.6 is 0 Å². The second-order valence-electron chi connectivity index (χ2n) is 3.13. The van der Waals surface area contributed by atoms with Crippen LogP contribution in [-0.4, -0.2) is 44.0 Å². The zero-order chi connectivity index (χ0) is 12.2. The van der Waals surface area contributed by atoms with Gasteiger partial charge in [0.2, 0.25) is 0 Å². The highest BCUT2D eigenvalue weighted by atomic mass is 32.2. The lowest BCUT2D eigenvalue weighted by molar-refractivity contribution is -0.297. The van der Waals surface area contributed by atoms with E-state index in [1.54, 1.807) is 12.2 Å². The number of hydrogen-bond acceptors (Lipinski definition) is 7. The first-order valence-electron chi connectivity index (χ1n) is 4.41. The van der Waals surface area contributed by atoms with Crippen LogP contribution in [0.2, 0.25) is 0 Å². The van der Waals surface area contributed by atoms with Crippen molar-refractivity contribution in [3.05, 3.63) is 12.2 Å². The van der Waals surface area contributed by atoms with Crippen LogP contribution in [0.3, 0.4) is 0 Å². The minimum Gasteiger partial charge on any atom is -0.748 e. The molecule has 16 heavy (non-hydrogen) atoms. The van der Waals surface area contributed by atoms with Crippen LogP contribution in [0.1, 0.15) is 6.42 Å². The van der Waals surface area contributed by atoms with Gasteiger partial charge in [0.1, 0.15) is 16.2 Å². The molecule has 1 aliphatic rings. The summed E-state index contributed by atoms with van der Waals surface area (Å²) in [6, 6.07) is 0. The molecule has 0 fully saturated rings. The van der Waals surface area contributed by atoms with Gasteiger partial charge in [-0.3, -0.25) is 4.79 Å². The molecule has 8 heteroatoms. The van der Waals surface area contributed by atoms with Crippen molar-refractivity contribution in [2.75, 3.05) is 13.7 Å². The zero-order valence-electron chi connectivity index (χ0n) is 8.49. The Morgan fingerprint density at radius 3 is 2.56 bits per heavy atom. The van der Waals surface area contributed by atoms with Crippen molar-refractivity contribution >= 4 is 16.1 Å². The molecule has 0 aromatic heterocycles. The van der Waals surface area contributed by atoms with Crippen LogP contribution in [0, 0.1) is 0 Å². The van der Waals surface area contributed by atoms with Gasteiger partial charge in [-0.15, -0.1) is 0 Å². The van der Waals surface area contributed by atoms with Crippen LogP contribution < -0.4 is 0 Å². The summed E-state index contributed by atoms with van der Waals surface area (Å²) in [5.74, 6) is -0.794. The van der Waals surface area contributed by atoms with E-state index in [0.29, 0.717) is 0 Å². The Bertz CT molecular complexity index is 366. The van der Waals surface area contributed by atoms with Gasteiger partial charge < -0.3 is 9.29 Å². The van der Waals surface area contributed by atoms with Crippen molar-refractivity contribution in [3.8, 4) is 0 Å². The Hall–Kier alpha value is -0.960. The summed E-state index contributed by atoms with van der Waals surface area (Å²) in [4.78, 5) is 20.0. The lowest BCUT2D eigenvalue weighted by atomic mass is 10.3. The maximum Gasteiger partial charge on any atom is 0.306 e. The quantitative estimate of drug-likeness (QED) is 0.195. The van der Waals surface area contributed by atoms with E-state index in [-0.39, 0.29) is 6.10 Å². The molecule has 0 N–H and O–H groups in total. The highest BCUT2D eigenvalue weighted by molar-refractivity contribution is 7.86. The first-order chi connectivity index (χ1) is 7.43. The van der Waals surface area contributed by atoms with Crippen LogP contribution in [0.5, 0.6) is 0 Å². The highest BCUT2D eigenvalue weighted by Gasteiger charge is 2.23. The number of methoxy groups -OCH3 is 1. The van der Waals surface area contributed by atoms with E-state index in [1.807, 2.05) is 0 Å². The molecule has 1 aliphatic carbocycles. The molecule has 7 nitrogen and oxygen atoms in total. The van der Waals surface area contributed by atoms with Crippen molar-refractivity contribution in [2.24, 2.45) is 0 Å². The van der Waals surface area contributed by atoms with Crippen LogP contribution in [0.15, 0.2) is 12.2 Å². The lowest BCUT2D eigenvalue weighted by Crippen LogP contribution is -2.29. The highest BCUT2D eigenvalue weighted by Crippen LogP contribution is 2.12. The van der Waals surface area contributed by atoms with Crippen LogP contribution in [0.25, 0.3) is 0 Å². The van der Waals surface area contributed by atoms with Gasteiger partial charge in [-0.05, 0) is 12.2 Å². The molecule has 0 saturated heterocycles. The molecule has 0 aliphatic heterocycles. The van der Waals surface area contributed by atoms with E-state index in [9.17, 15) is 17.8 Å². The second kappa shape index (κ2) is 5.39. The third kappa shape index (κ3) is 4.71. The standard InChI is InChI=1S/C8H12O7S/c1-13-8(9)4-7(16(10,11)12)5-14-15-6-2-3-6/h2-3,6-7H,4-5H2,1H3,(H,10,11,12)/p-1. The van der Waals surface area contributed by atoms with Crippen molar-refractivity contribution in [2.45, 2.75) is 17.8 Å². The van der Waals surface area contributed by atoms with Crippen molar-refractivity contribution in [1.29, 1.82) is 0 Å². The van der Waals surface area contributed by atoms with E-state index in [4.69, 9.17) is 0 Å². The van der Waals surface area contributed by atoms with Crippen LogP contribution in [0.4, 0.5) is 0 Å². The fourth-order valence-corrected chi connectivity index (χ4v) is 1.38. The molecule has 0 heterocycles. The van der Waals surface area contributed by atoms with Gasteiger partial charge in [0, 0.05) is 0 Å². The van der Waals surface area contributed by atoms with Gasteiger partial charge in [0.05, 0.1) is 25.4 Å². The summed E-state index contributed by atoms with van der Waals surface area (Å²) in [5, 5.41) is -1.50. The SMILES string of the molecule is COC(=O)CC(COOC1C=C1)S(=O)(=O)[O-]. The lowest BCUT2D eigenvalue weighted by Gasteiger charge is -2.18. The molecule has 0 bridgehead atoms. The summed E-state index contributed by atoms with van der Waals surface area (Å²) in [5.41, 5.74) is 0. The average molecular weight is 251 g/mol. The maximum atomic E-state index is 10.8. The van der Waals surface area contributed by atoms with Gasteiger partial charge in [0.15, 0.2) is 0 Å². The van der Waals surface area contributed by atoms with E-state index < -0.39 is 34.4 Å². The molecule has 0 radical (unpaired) electrons. The van der Waals surface area contributed by atoms with Gasteiger partial charge in [0.25, 0.3) is 0 Å². The second-order valence-corrected chi connectivity index (χ2v) is 4.78. The molecule has 0 aromatic carbocycles. The van der Waals surface area contributed by atoms with E-state index in [1.165, 1.54) is 0 Å². The predicted molar refractivity (Wildman–Crippen MR) is 50.1 cm³/mol. The smallest absolute Gasteiger partial charge is 0.306 e. The maximum absolute atomic E-state index is 10.8. The zero-order valence-corrected chi connectivity index (χ0v) is 9.31. The third-order valence-electron chi connectivity index (χ3n) is 1.81. The summed E-state index contributed by atoms with van der Waals surface area (Å²) < 4.78 is 36.5. The molecular weight excluding hydrogens is 240 g/mol.